The van der Waals surface area contributed by atoms with E-state index in [1.165, 1.54) is 77.0 Å². The Hall–Kier alpha value is -0.770. The summed E-state index contributed by atoms with van der Waals surface area (Å²) in [6.07, 6.45) is 15.7. The molecule has 0 saturated carbocycles. The maximum absolute atomic E-state index is 12.9. The van der Waals surface area contributed by atoms with Crippen LogP contribution in [0.5, 0.6) is 0 Å². The second-order valence-corrected chi connectivity index (χ2v) is 12.0. The molecular formula is C30H57N3O5. The van der Waals surface area contributed by atoms with Gasteiger partial charge in [0.15, 0.2) is 5.79 Å². The summed E-state index contributed by atoms with van der Waals surface area (Å²) in [6.45, 7) is 8.79. The summed E-state index contributed by atoms with van der Waals surface area (Å²) in [7, 11) is 0. The Balaban J connectivity index is 1.82. The van der Waals surface area contributed by atoms with Gasteiger partial charge in [-0.05, 0) is 19.3 Å². The molecule has 8 atom stereocenters. The predicted molar refractivity (Wildman–Crippen MR) is 151 cm³/mol. The smallest absolute Gasteiger partial charge is 0.337 e. The minimum atomic E-state index is -1.09. The van der Waals surface area contributed by atoms with Crippen molar-refractivity contribution in [2.45, 2.75) is 153 Å². The van der Waals surface area contributed by atoms with Crippen LogP contribution >= 0.6 is 0 Å². The van der Waals surface area contributed by atoms with E-state index in [9.17, 15) is 20.1 Å². The molecule has 0 bridgehead atoms. The summed E-state index contributed by atoms with van der Waals surface area (Å²) in [5.41, 5.74) is 0. The first-order valence-corrected chi connectivity index (χ1v) is 15.9. The number of unbranched alkanes of at least 4 members (excludes halogenated alkanes) is 9. The van der Waals surface area contributed by atoms with E-state index in [-0.39, 0.29) is 6.61 Å². The van der Waals surface area contributed by atoms with Gasteiger partial charge in [0.25, 0.3) is 0 Å². The van der Waals surface area contributed by atoms with Crippen molar-refractivity contribution >= 4 is 5.97 Å². The Kier molecular flexibility index (Phi) is 13.3. The minimum absolute atomic E-state index is 0.172. The molecule has 3 heterocycles. The molecule has 3 fully saturated rings. The normalized spacial score (nSPS) is 31.0. The van der Waals surface area contributed by atoms with Gasteiger partial charge in [-0.2, -0.15) is 0 Å². The Bertz CT molecular complexity index is 630. The topological polar surface area (TPSA) is 96.0 Å². The number of aliphatic carboxylic acids is 1. The highest BCUT2D eigenvalue weighted by molar-refractivity contribution is 5.74. The van der Waals surface area contributed by atoms with E-state index in [0.717, 1.165) is 38.9 Å². The standard InChI is InChI=1S/C30H57N3O5/c1-4-7-10-13-16-24-19-31(24)30(28(29(36)37)38-23-27(35)22-34,32-20-25(32)17-14-11-8-5-2)33-21-26(33)18-15-12-9-6-3/h24-28,34-35H,4-23H2,1-3H3,(H,36,37). The summed E-state index contributed by atoms with van der Waals surface area (Å²) in [4.78, 5) is 20.2. The van der Waals surface area contributed by atoms with Crippen LogP contribution in [0, 0.1) is 0 Å². The van der Waals surface area contributed by atoms with E-state index in [4.69, 9.17) is 4.74 Å². The third kappa shape index (κ3) is 8.37. The van der Waals surface area contributed by atoms with Gasteiger partial charge in [0.05, 0.1) is 13.2 Å². The molecule has 0 amide bonds. The molecule has 0 aromatic carbocycles. The molecule has 222 valence electrons. The third-order valence-electron chi connectivity index (χ3n) is 8.83. The average molecular weight is 540 g/mol. The van der Waals surface area contributed by atoms with E-state index < -0.39 is 30.6 Å². The van der Waals surface area contributed by atoms with Gasteiger partial charge in [-0.3, -0.25) is 14.7 Å². The first-order chi connectivity index (χ1) is 18.4. The van der Waals surface area contributed by atoms with E-state index in [2.05, 4.69) is 35.5 Å². The lowest BCUT2D eigenvalue weighted by atomic mass is 10.1. The lowest BCUT2D eigenvalue weighted by Gasteiger charge is -2.44. The molecule has 3 aliphatic rings. The van der Waals surface area contributed by atoms with Crippen molar-refractivity contribution < 1.29 is 24.9 Å². The number of rotatable bonds is 24. The summed E-state index contributed by atoms with van der Waals surface area (Å²) in [6, 6.07) is 1.13. The molecule has 0 aromatic rings. The minimum Gasteiger partial charge on any atom is -0.479 e. The van der Waals surface area contributed by atoms with E-state index >= 15 is 0 Å². The highest BCUT2D eigenvalue weighted by Gasteiger charge is 2.71. The van der Waals surface area contributed by atoms with Crippen LogP contribution in [0.25, 0.3) is 0 Å². The maximum Gasteiger partial charge on any atom is 0.337 e. The molecule has 8 heteroatoms. The van der Waals surface area contributed by atoms with Crippen LogP contribution in [0.2, 0.25) is 0 Å². The predicted octanol–water partition coefficient (Wildman–Crippen LogP) is 4.43. The number of hydrogen-bond donors (Lipinski definition) is 3. The lowest BCUT2D eigenvalue weighted by Crippen LogP contribution is -2.66. The van der Waals surface area contributed by atoms with Crippen LogP contribution in [-0.4, -0.2) is 105 Å². The Morgan fingerprint density at radius 1 is 0.763 bits per heavy atom. The van der Waals surface area contributed by atoms with Crippen molar-refractivity contribution in [2.24, 2.45) is 0 Å². The zero-order valence-electron chi connectivity index (χ0n) is 24.5. The molecule has 38 heavy (non-hydrogen) atoms. The molecule has 0 spiro atoms. The van der Waals surface area contributed by atoms with Crippen molar-refractivity contribution in [2.75, 3.05) is 32.8 Å². The van der Waals surface area contributed by atoms with Crippen molar-refractivity contribution in [3.63, 3.8) is 0 Å². The van der Waals surface area contributed by atoms with Gasteiger partial charge in [0, 0.05) is 37.8 Å². The maximum atomic E-state index is 12.9. The first kappa shape index (κ1) is 31.8. The second-order valence-electron chi connectivity index (χ2n) is 12.0. The summed E-state index contributed by atoms with van der Waals surface area (Å²) < 4.78 is 6.07. The van der Waals surface area contributed by atoms with E-state index in [1.807, 2.05) is 0 Å². The van der Waals surface area contributed by atoms with Crippen molar-refractivity contribution in [3.05, 3.63) is 0 Å². The summed E-state index contributed by atoms with van der Waals surface area (Å²) in [5.74, 6) is -1.78. The highest BCUT2D eigenvalue weighted by Crippen LogP contribution is 2.52. The molecule has 3 saturated heterocycles. The van der Waals surface area contributed by atoms with Crippen molar-refractivity contribution in [1.82, 2.24) is 14.7 Å². The largest absolute Gasteiger partial charge is 0.479 e. The van der Waals surface area contributed by atoms with Crippen LogP contribution in [-0.2, 0) is 9.53 Å². The number of ether oxygens (including phenoxy) is 1. The molecule has 8 unspecified atom stereocenters. The number of aliphatic hydroxyl groups is 2. The third-order valence-corrected chi connectivity index (χ3v) is 8.83. The van der Waals surface area contributed by atoms with Crippen LogP contribution in [0.4, 0.5) is 0 Å². The highest BCUT2D eigenvalue weighted by atomic mass is 16.5. The molecular weight excluding hydrogens is 482 g/mol. The lowest BCUT2D eigenvalue weighted by molar-refractivity contribution is -0.191. The number of nitrogens with zero attached hydrogens (tertiary/aromatic N) is 3. The van der Waals surface area contributed by atoms with Crippen molar-refractivity contribution in [3.8, 4) is 0 Å². The molecule has 3 aliphatic heterocycles. The van der Waals surface area contributed by atoms with Crippen molar-refractivity contribution in [1.29, 1.82) is 0 Å². The number of hydrogen-bond acceptors (Lipinski definition) is 7. The van der Waals surface area contributed by atoms with Gasteiger partial charge < -0.3 is 20.1 Å². The van der Waals surface area contributed by atoms with E-state index in [1.54, 1.807) is 0 Å². The molecule has 0 aliphatic carbocycles. The molecule has 8 nitrogen and oxygen atoms in total. The van der Waals surface area contributed by atoms with Gasteiger partial charge >= 0.3 is 5.97 Å². The number of carboxylic acid groups (broad SMARTS) is 1. The second kappa shape index (κ2) is 15.9. The van der Waals surface area contributed by atoms with Crippen LogP contribution in [0.1, 0.15) is 117 Å². The fraction of sp³-hybridized carbons (Fsp3) is 0.967. The quantitative estimate of drug-likeness (QED) is 0.123. The van der Waals surface area contributed by atoms with Gasteiger partial charge in [-0.25, -0.2) is 4.79 Å². The fourth-order valence-corrected chi connectivity index (χ4v) is 6.47. The van der Waals surface area contributed by atoms with Gasteiger partial charge in [-0.1, -0.05) is 97.8 Å². The Morgan fingerprint density at radius 2 is 1.16 bits per heavy atom. The molecule has 3 rings (SSSR count). The van der Waals surface area contributed by atoms with Crippen LogP contribution in [0.3, 0.4) is 0 Å². The number of aliphatic hydroxyl groups excluding tert-OH is 2. The van der Waals surface area contributed by atoms with E-state index in [0.29, 0.717) is 18.1 Å². The zero-order chi connectivity index (χ0) is 27.5. The van der Waals surface area contributed by atoms with Crippen LogP contribution < -0.4 is 0 Å². The molecule has 3 N–H and O–H groups in total. The van der Waals surface area contributed by atoms with Gasteiger partial charge in [-0.15, -0.1) is 0 Å². The Morgan fingerprint density at radius 3 is 1.47 bits per heavy atom. The SMILES string of the molecule is CCCCCCC1CN1C(C(OCC(O)CO)C(=O)O)(N1CC1CCCCCC)N1CC1CCCCCC. The number of carboxylic acids is 1. The first-order valence-electron chi connectivity index (χ1n) is 15.9. The van der Waals surface area contributed by atoms with Gasteiger partial charge in [0.1, 0.15) is 6.10 Å². The average Bonchev–Trinajstić information content (AvgIpc) is 3.79. The molecule has 0 aromatic heterocycles. The zero-order valence-corrected chi connectivity index (χ0v) is 24.5. The summed E-state index contributed by atoms with van der Waals surface area (Å²) >= 11 is 0. The molecule has 0 radical (unpaired) electrons. The Labute approximate surface area is 231 Å². The monoisotopic (exact) mass is 539 g/mol. The van der Waals surface area contributed by atoms with Crippen LogP contribution in [0.15, 0.2) is 0 Å². The number of carbonyl (C=O) groups is 1. The van der Waals surface area contributed by atoms with Gasteiger partial charge in [0.2, 0.25) is 6.10 Å². The summed E-state index contributed by atoms with van der Waals surface area (Å²) in [5, 5.41) is 30.0. The fourth-order valence-electron chi connectivity index (χ4n) is 6.47.